The van der Waals surface area contributed by atoms with Gasteiger partial charge in [0.2, 0.25) is 11.8 Å². The maximum atomic E-state index is 13.5. The summed E-state index contributed by atoms with van der Waals surface area (Å²) in [6.45, 7) is 0.564. The molecule has 0 unspecified atom stereocenters. The molecule has 6 heteroatoms. The largest absolute Gasteiger partial charge is 0.494 e. The third-order valence-corrected chi connectivity index (χ3v) is 2.46. The van der Waals surface area contributed by atoms with Crippen LogP contribution in [0.25, 0.3) is 11.5 Å². The number of halogens is 1. The number of hydrogen-bond donors (Lipinski definition) is 1. The highest BCUT2D eigenvalue weighted by Gasteiger charge is 2.11. The Bertz CT molecular complexity index is 528. The van der Waals surface area contributed by atoms with Gasteiger partial charge in [0.25, 0.3) is 0 Å². The maximum Gasteiger partial charge on any atom is 0.247 e. The summed E-state index contributed by atoms with van der Waals surface area (Å²) in [4.78, 5) is 0. The van der Waals surface area contributed by atoms with Crippen LogP contribution in [0.2, 0.25) is 0 Å². The Morgan fingerprint density at radius 1 is 1.39 bits per heavy atom. The van der Waals surface area contributed by atoms with Crippen molar-refractivity contribution in [1.82, 2.24) is 10.2 Å². The van der Waals surface area contributed by atoms with E-state index in [1.807, 2.05) is 0 Å². The van der Waals surface area contributed by atoms with E-state index in [1.54, 1.807) is 6.07 Å². The van der Waals surface area contributed by atoms with Crippen molar-refractivity contribution < 1.29 is 13.5 Å². The van der Waals surface area contributed by atoms with Crippen LogP contribution in [-0.4, -0.2) is 23.9 Å². The second kappa shape index (κ2) is 5.59. The van der Waals surface area contributed by atoms with Gasteiger partial charge < -0.3 is 14.9 Å². The molecule has 0 aliphatic rings. The second-order valence-corrected chi connectivity index (χ2v) is 3.74. The summed E-state index contributed by atoms with van der Waals surface area (Å²) in [6, 6.07) is 4.50. The lowest BCUT2D eigenvalue weighted by atomic mass is 10.2. The Balaban J connectivity index is 2.20. The predicted molar refractivity (Wildman–Crippen MR) is 63.6 cm³/mol. The summed E-state index contributed by atoms with van der Waals surface area (Å²) >= 11 is 0. The Labute approximate surface area is 104 Å². The smallest absolute Gasteiger partial charge is 0.247 e. The first kappa shape index (κ1) is 12.5. The number of hydrogen-bond acceptors (Lipinski definition) is 5. The van der Waals surface area contributed by atoms with Gasteiger partial charge in [-0.25, -0.2) is 4.39 Å². The molecule has 0 saturated heterocycles. The summed E-state index contributed by atoms with van der Waals surface area (Å²) in [5.41, 5.74) is 5.92. The van der Waals surface area contributed by atoms with Crippen molar-refractivity contribution in [2.45, 2.75) is 12.8 Å². The summed E-state index contributed by atoms with van der Waals surface area (Å²) < 4.78 is 23.8. The number of nitrogens with zero attached hydrogens (tertiary/aromatic N) is 2. The van der Waals surface area contributed by atoms with Crippen LogP contribution in [-0.2, 0) is 6.42 Å². The van der Waals surface area contributed by atoms with Gasteiger partial charge in [-0.3, -0.25) is 0 Å². The number of ether oxygens (including phenoxy) is 1. The summed E-state index contributed by atoms with van der Waals surface area (Å²) in [6.07, 6.45) is 1.40. The minimum atomic E-state index is -0.461. The van der Waals surface area contributed by atoms with Crippen LogP contribution < -0.4 is 10.5 Å². The zero-order valence-electron chi connectivity index (χ0n) is 10.0. The predicted octanol–water partition coefficient (Wildman–Crippen LogP) is 1.78. The molecule has 96 valence electrons. The Kier molecular flexibility index (Phi) is 3.88. The van der Waals surface area contributed by atoms with E-state index in [2.05, 4.69) is 10.2 Å². The summed E-state index contributed by atoms with van der Waals surface area (Å²) in [5.74, 6) is 0.522. The van der Waals surface area contributed by atoms with Crippen molar-refractivity contribution in [3.05, 3.63) is 29.9 Å². The Morgan fingerprint density at radius 2 is 2.22 bits per heavy atom. The van der Waals surface area contributed by atoms with Crippen molar-refractivity contribution in [3.8, 4) is 17.2 Å². The van der Waals surface area contributed by atoms with E-state index < -0.39 is 5.82 Å². The van der Waals surface area contributed by atoms with Crippen molar-refractivity contribution in [2.24, 2.45) is 5.73 Å². The molecular formula is C12H14FN3O2. The molecule has 2 N–H and O–H groups in total. The zero-order valence-corrected chi connectivity index (χ0v) is 10.0. The van der Waals surface area contributed by atoms with Crippen LogP contribution in [0.1, 0.15) is 12.3 Å². The topological polar surface area (TPSA) is 74.2 Å². The molecule has 1 heterocycles. The van der Waals surface area contributed by atoms with Gasteiger partial charge in [0.1, 0.15) is 0 Å². The number of rotatable bonds is 5. The van der Waals surface area contributed by atoms with Crippen LogP contribution in [0, 0.1) is 5.82 Å². The van der Waals surface area contributed by atoms with Crippen molar-refractivity contribution >= 4 is 0 Å². The third kappa shape index (κ3) is 2.65. The standard InChI is InChI=1S/C12H14FN3O2/c1-17-10-5-4-8(7-9(10)13)12-16-15-11(18-12)3-2-6-14/h4-5,7H,2-3,6,14H2,1H3. The van der Waals surface area contributed by atoms with Gasteiger partial charge in [0.15, 0.2) is 11.6 Å². The highest BCUT2D eigenvalue weighted by atomic mass is 19.1. The van der Waals surface area contributed by atoms with Gasteiger partial charge in [0.05, 0.1) is 7.11 Å². The van der Waals surface area contributed by atoms with Crippen molar-refractivity contribution in [3.63, 3.8) is 0 Å². The molecule has 0 saturated carbocycles. The number of aryl methyl sites for hydroxylation is 1. The van der Waals surface area contributed by atoms with E-state index in [1.165, 1.54) is 19.2 Å². The molecule has 1 aromatic carbocycles. The molecule has 0 aliphatic heterocycles. The van der Waals surface area contributed by atoms with Gasteiger partial charge in [-0.1, -0.05) is 0 Å². The fraction of sp³-hybridized carbons (Fsp3) is 0.333. The van der Waals surface area contributed by atoms with Gasteiger partial charge in [-0.05, 0) is 31.2 Å². The molecule has 2 aromatic rings. The van der Waals surface area contributed by atoms with Gasteiger partial charge >= 0.3 is 0 Å². The average Bonchev–Trinajstić information content (AvgIpc) is 2.85. The van der Waals surface area contributed by atoms with Crippen LogP contribution in [0.5, 0.6) is 5.75 Å². The Hall–Kier alpha value is -1.95. The molecule has 1 aromatic heterocycles. The lowest BCUT2D eigenvalue weighted by Gasteiger charge is -2.01. The normalized spacial score (nSPS) is 10.6. The monoisotopic (exact) mass is 251 g/mol. The quantitative estimate of drug-likeness (QED) is 0.876. The van der Waals surface area contributed by atoms with Gasteiger partial charge in [0, 0.05) is 12.0 Å². The SMILES string of the molecule is COc1ccc(-c2nnc(CCCN)o2)cc1F. The lowest BCUT2D eigenvalue weighted by molar-refractivity contribution is 0.386. The fourth-order valence-electron chi connectivity index (χ4n) is 1.52. The summed E-state index contributed by atoms with van der Waals surface area (Å²) in [5, 5.41) is 7.75. The van der Waals surface area contributed by atoms with E-state index in [0.29, 0.717) is 30.3 Å². The van der Waals surface area contributed by atoms with Gasteiger partial charge in [-0.2, -0.15) is 0 Å². The van der Waals surface area contributed by atoms with Crippen LogP contribution in [0.3, 0.4) is 0 Å². The maximum absolute atomic E-state index is 13.5. The van der Waals surface area contributed by atoms with E-state index in [0.717, 1.165) is 6.42 Å². The highest BCUT2D eigenvalue weighted by Crippen LogP contribution is 2.24. The Morgan fingerprint density at radius 3 is 2.89 bits per heavy atom. The molecule has 0 amide bonds. The van der Waals surface area contributed by atoms with Gasteiger partial charge in [-0.15, -0.1) is 10.2 Å². The number of nitrogens with two attached hydrogens (primary N) is 1. The fourth-order valence-corrected chi connectivity index (χ4v) is 1.52. The molecule has 0 fully saturated rings. The molecule has 0 bridgehead atoms. The van der Waals surface area contributed by atoms with Crippen molar-refractivity contribution in [1.29, 1.82) is 0 Å². The molecule has 0 atom stereocenters. The van der Waals surface area contributed by atoms with E-state index >= 15 is 0 Å². The lowest BCUT2D eigenvalue weighted by Crippen LogP contribution is -2.00. The minimum Gasteiger partial charge on any atom is -0.494 e. The van der Waals surface area contributed by atoms with E-state index in [-0.39, 0.29) is 5.75 Å². The zero-order chi connectivity index (χ0) is 13.0. The van der Waals surface area contributed by atoms with Crippen LogP contribution >= 0.6 is 0 Å². The van der Waals surface area contributed by atoms with Crippen LogP contribution in [0.15, 0.2) is 22.6 Å². The summed E-state index contributed by atoms with van der Waals surface area (Å²) in [7, 11) is 1.41. The highest BCUT2D eigenvalue weighted by molar-refractivity contribution is 5.54. The molecule has 5 nitrogen and oxygen atoms in total. The molecule has 0 radical (unpaired) electrons. The minimum absolute atomic E-state index is 0.182. The van der Waals surface area contributed by atoms with Crippen LogP contribution in [0.4, 0.5) is 4.39 Å². The first-order valence-electron chi connectivity index (χ1n) is 5.61. The third-order valence-electron chi connectivity index (χ3n) is 2.46. The number of aromatic nitrogens is 2. The second-order valence-electron chi connectivity index (χ2n) is 3.74. The first-order valence-corrected chi connectivity index (χ1v) is 5.61. The first-order chi connectivity index (χ1) is 8.74. The average molecular weight is 251 g/mol. The molecule has 0 aliphatic carbocycles. The number of methoxy groups -OCH3 is 1. The molecule has 0 spiro atoms. The van der Waals surface area contributed by atoms with Crippen molar-refractivity contribution in [2.75, 3.05) is 13.7 Å². The molecule has 18 heavy (non-hydrogen) atoms. The number of benzene rings is 1. The molecular weight excluding hydrogens is 237 g/mol. The molecule has 2 rings (SSSR count). The van der Waals surface area contributed by atoms with E-state index in [9.17, 15) is 4.39 Å². The van der Waals surface area contributed by atoms with E-state index in [4.69, 9.17) is 14.9 Å².